The maximum atomic E-state index is 4.18. The second-order valence-electron chi connectivity index (χ2n) is 4.54. The van der Waals surface area contributed by atoms with Crippen LogP contribution < -0.4 is 0 Å². The molecule has 0 N–H and O–H groups in total. The van der Waals surface area contributed by atoms with Crippen LogP contribution in [0.15, 0.2) is 36.7 Å². The maximum Gasteiger partial charge on any atom is 0.0145 e. The summed E-state index contributed by atoms with van der Waals surface area (Å²) in [4.78, 5) is 2.20. The van der Waals surface area contributed by atoms with Crippen LogP contribution in [0.3, 0.4) is 0 Å². The smallest absolute Gasteiger partial charge is 0.0145 e. The summed E-state index contributed by atoms with van der Waals surface area (Å²) in [7, 11) is 2.10. The van der Waals surface area contributed by atoms with Gasteiger partial charge in [0.05, 0.1) is 0 Å². The molecule has 2 fully saturated rings. The van der Waals surface area contributed by atoms with Crippen LogP contribution in [0.5, 0.6) is 0 Å². The van der Waals surface area contributed by atoms with Crippen molar-refractivity contribution in [1.82, 2.24) is 4.90 Å². The van der Waals surface area contributed by atoms with Crippen molar-refractivity contribution >= 4 is 0 Å². The van der Waals surface area contributed by atoms with Crippen LogP contribution >= 0.6 is 0 Å². The fraction of sp³-hybridized carbons (Fsp3) is 0.500. The lowest BCUT2D eigenvalue weighted by atomic mass is 9.83. The molecule has 1 saturated heterocycles. The Hall–Kier alpha value is -0.980. The highest BCUT2D eigenvalue weighted by Crippen LogP contribution is 2.58. The number of hydrogen-bond acceptors (Lipinski definition) is 1. The minimum Gasteiger partial charge on any atom is -0.352 e. The summed E-state index contributed by atoms with van der Waals surface area (Å²) in [6.07, 6.45) is 6.09. The first-order valence-electron chi connectivity index (χ1n) is 5.00. The van der Waals surface area contributed by atoms with Crippen molar-refractivity contribution < 1.29 is 0 Å². The Morgan fingerprint density at radius 2 is 1.62 bits per heavy atom. The zero-order valence-electron chi connectivity index (χ0n) is 8.03. The first kappa shape index (κ1) is 7.43. The van der Waals surface area contributed by atoms with Gasteiger partial charge < -0.3 is 4.90 Å². The highest BCUT2D eigenvalue weighted by molar-refractivity contribution is 5.34. The van der Waals surface area contributed by atoms with Gasteiger partial charge in [0, 0.05) is 30.3 Å². The predicted octanol–water partition coefficient (Wildman–Crippen LogP) is 2.40. The van der Waals surface area contributed by atoms with Crippen molar-refractivity contribution in [2.45, 2.75) is 6.42 Å². The molecule has 0 aromatic carbocycles. The molecule has 0 radical (unpaired) electrons. The minimum absolute atomic E-state index is 0.674. The van der Waals surface area contributed by atoms with E-state index in [-0.39, 0.29) is 0 Å². The van der Waals surface area contributed by atoms with Crippen LogP contribution in [0.4, 0.5) is 0 Å². The number of nitrogens with zero attached hydrogens (tertiary/aromatic N) is 1. The highest BCUT2D eigenvalue weighted by atomic mass is 15.2. The van der Waals surface area contributed by atoms with Crippen LogP contribution in [-0.2, 0) is 0 Å². The predicted molar refractivity (Wildman–Crippen MR) is 53.8 cm³/mol. The van der Waals surface area contributed by atoms with Gasteiger partial charge in [-0.25, -0.2) is 0 Å². The average molecular weight is 173 g/mol. The van der Waals surface area contributed by atoms with Crippen LogP contribution in [-0.4, -0.2) is 11.9 Å². The van der Waals surface area contributed by atoms with Crippen molar-refractivity contribution in [3.63, 3.8) is 0 Å². The van der Waals surface area contributed by atoms with E-state index in [4.69, 9.17) is 0 Å². The van der Waals surface area contributed by atoms with Crippen molar-refractivity contribution in [3.8, 4) is 0 Å². The lowest BCUT2D eigenvalue weighted by Gasteiger charge is -2.18. The first-order chi connectivity index (χ1) is 6.20. The summed E-state index contributed by atoms with van der Waals surface area (Å²) in [5.74, 6) is 2.85. The van der Waals surface area contributed by atoms with Gasteiger partial charge in [0.25, 0.3) is 0 Å². The molecule has 68 valence electrons. The zero-order valence-corrected chi connectivity index (χ0v) is 8.03. The molecule has 1 heterocycles. The van der Waals surface area contributed by atoms with Gasteiger partial charge in [-0.2, -0.15) is 0 Å². The van der Waals surface area contributed by atoms with E-state index in [1.807, 2.05) is 0 Å². The van der Waals surface area contributed by atoms with E-state index in [1.165, 1.54) is 17.8 Å². The molecule has 0 amide bonds. The zero-order chi connectivity index (χ0) is 9.16. The van der Waals surface area contributed by atoms with Gasteiger partial charge in [-0.15, -0.1) is 0 Å². The number of likely N-dealkylation sites (tertiary alicyclic amines) is 1. The molecule has 2 bridgehead atoms. The molecule has 1 heteroatoms. The molecule has 4 unspecified atom stereocenters. The van der Waals surface area contributed by atoms with Crippen LogP contribution in [0.25, 0.3) is 0 Å². The molecule has 1 saturated carbocycles. The van der Waals surface area contributed by atoms with Crippen molar-refractivity contribution in [2.24, 2.45) is 23.7 Å². The summed E-state index contributed by atoms with van der Waals surface area (Å²) in [5.41, 5.74) is 2.57. The Kier molecular flexibility index (Phi) is 1.19. The SMILES string of the molecule is C=C1C2C3C=CC(C3)C2C(=C)N1C. The van der Waals surface area contributed by atoms with E-state index < -0.39 is 0 Å². The molecule has 1 nitrogen and oxygen atoms in total. The van der Waals surface area contributed by atoms with Crippen LogP contribution in [0, 0.1) is 23.7 Å². The quantitative estimate of drug-likeness (QED) is 0.508. The van der Waals surface area contributed by atoms with E-state index in [1.54, 1.807) is 0 Å². The Morgan fingerprint density at radius 3 is 2.08 bits per heavy atom. The summed E-state index contributed by atoms with van der Waals surface area (Å²) in [6, 6.07) is 0. The molecule has 4 atom stereocenters. The topological polar surface area (TPSA) is 3.24 Å². The summed E-state index contributed by atoms with van der Waals surface area (Å²) < 4.78 is 0. The van der Waals surface area contributed by atoms with Crippen molar-refractivity contribution in [1.29, 1.82) is 0 Å². The van der Waals surface area contributed by atoms with Crippen LogP contribution in [0.2, 0.25) is 0 Å². The third-order valence-corrected chi connectivity index (χ3v) is 4.09. The highest BCUT2D eigenvalue weighted by Gasteiger charge is 2.52. The molecule has 3 rings (SSSR count). The van der Waals surface area contributed by atoms with Gasteiger partial charge in [-0.05, 0) is 18.3 Å². The third kappa shape index (κ3) is 0.691. The Bertz CT molecular complexity index is 296. The van der Waals surface area contributed by atoms with Crippen molar-refractivity contribution in [2.75, 3.05) is 7.05 Å². The molecule has 0 spiro atoms. The second kappa shape index (κ2) is 2.09. The number of hydrogen-bond donors (Lipinski definition) is 0. The van der Waals surface area contributed by atoms with Gasteiger partial charge in [-0.1, -0.05) is 25.3 Å². The molecule has 3 aliphatic rings. The maximum absolute atomic E-state index is 4.18. The third-order valence-electron chi connectivity index (χ3n) is 4.09. The van der Waals surface area contributed by atoms with Gasteiger partial charge in [0.1, 0.15) is 0 Å². The normalized spacial score (nSPS) is 46.4. The lowest BCUT2D eigenvalue weighted by Crippen LogP contribution is -2.14. The number of allylic oxidation sites excluding steroid dienone is 4. The monoisotopic (exact) mass is 173 g/mol. The van der Waals surface area contributed by atoms with Gasteiger partial charge in [0.2, 0.25) is 0 Å². The van der Waals surface area contributed by atoms with E-state index in [9.17, 15) is 0 Å². The van der Waals surface area contributed by atoms with Gasteiger partial charge in [0.15, 0.2) is 0 Å². The molecular weight excluding hydrogens is 158 g/mol. The Balaban J connectivity index is 2.08. The van der Waals surface area contributed by atoms with E-state index in [2.05, 4.69) is 37.3 Å². The number of rotatable bonds is 0. The fourth-order valence-corrected chi connectivity index (χ4v) is 3.36. The standard InChI is InChI=1S/C12H15N/c1-7-11-9-4-5-10(6-9)12(11)8(2)13(7)3/h4-5,9-12H,1-2,6H2,3H3. The summed E-state index contributed by atoms with van der Waals surface area (Å²) >= 11 is 0. The van der Waals surface area contributed by atoms with Gasteiger partial charge >= 0.3 is 0 Å². The average Bonchev–Trinajstić information content (AvgIpc) is 2.76. The Morgan fingerprint density at radius 1 is 1.15 bits per heavy atom. The van der Waals surface area contributed by atoms with E-state index in [0.29, 0.717) is 11.8 Å². The summed E-state index contributed by atoms with van der Waals surface area (Å²) in [6.45, 7) is 8.36. The molecule has 0 aromatic heterocycles. The fourth-order valence-electron chi connectivity index (χ4n) is 3.36. The van der Waals surface area contributed by atoms with Crippen LogP contribution in [0.1, 0.15) is 6.42 Å². The summed E-state index contributed by atoms with van der Waals surface area (Å²) in [5, 5.41) is 0. The lowest BCUT2D eigenvalue weighted by molar-refractivity contribution is 0.449. The molecule has 13 heavy (non-hydrogen) atoms. The minimum atomic E-state index is 0.674. The van der Waals surface area contributed by atoms with E-state index in [0.717, 1.165) is 11.8 Å². The Labute approximate surface area is 79.4 Å². The van der Waals surface area contributed by atoms with Crippen molar-refractivity contribution in [3.05, 3.63) is 36.7 Å². The molecule has 0 aromatic rings. The molecule has 2 aliphatic carbocycles. The number of fused-ring (bicyclic) bond motifs is 5. The molecule has 1 aliphatic heterocycles. The molecular formula is C12H15N. The van der Waals surface area contributed by atoms with Gasteiger partial charge in [-0.3, -0.25) is 0 Å². The van der Waals surface area contributed by atoms with E-state index >= 15 is 0 Å². The second-order valence-corrected chi connectivity index (χ2v) is 4.54. The largest absolute Gasteiger partial charge is 0.352 e. The first-order valence-corrected chi connectivity index (χ1v) is 5.00.